The van der Waals surface area contributed by atoms with Gasteiger partial charge in [0.05, 0.1) is 5.69 Å². The van der Waals surface area contributed by atoms with E-state index in [1.165, 1.54) is 35.2 Å². The van der Waals surface area contributed by atoms with Crippen LogP contribution in [0.2, 0.25) is 0 Å². The summed E-state index contributed by atoms with van der Waals surface area (Å²) in [7, 11) is 0. The molecule has 0 unspecified atom stereocenters. The molecule has 0 saturated heterocycles. The molecule has 1 heterocycles. The summed E-state index contributed by atoms with van der Waals surface area (Å²) < 4.78 is 13.0. The molecule has 4 N–H and O–H groups in total. The van der Waals surface area contributed by atoms with Crippen LogP contribution >= 0.6 is 23.1 Å². The number of thioether (sulfide) groups is 1. The van der Waals surface area contributed by atoms with Crippen molar-refractivity contribution in [3.63, 3.8) is 0 Å². The van der Waals surface area contributed by atoms with E-state index in [0.717, 1.165) is 10.6 Å². The fourth-order valence-electron chi connectivity index (χ4n) is 1.17. The van der Waals surface area contributed by atoms with Gasteiger partial charge in [-0.1, -0.05) is 0 Å². The zero-order chi connectivity index (χ0) is 11.5. The summed E-state index contributed by atoms with van der Waals surface area (Å²) in [6, 6.07) is 4.34. The number of anilines is 2. The normalized spacial score (nSPS) is 10.6. The van der Waals surface area contributed by atoms with Gasteiger partial charge in [0.25, 0.3) is 0 Å². The first kappa shape index (κ1) is 11.2. The zero-order valence-corrected chi connectivity index (χ0v) is 9.95. The van der Waals surface area contributed by atoms with Crippen LogP contribution in [0.4, 0.5) is 15.2 Å². The fraction of sp³-hybridized carbons (Fsp3) is 0.100. The quantitative estimate of drug-likeness (QED) is 0.654. The van der Waals surface area contributed by atoms with Crippen molar-refractivity contribution in [3.8, 4) is 0 Å². The molecule has 1 aromatic heterocycles. The molecule has 0 aliphatic heterocycles. The Kier molecular flexibility index (Phi) is 3.31. The van der Waals surface area contributed by atoms with Crippen molar-refractivity contribution in [1.82, 2.24) is 4.98 Å². The van der Waals surface area contributed by atoms with E-state index < -0.39 is 0 Å². The average Bonchev–Trinajstić information content (AvgIpc) is 2.66. The molecule has 0 aliphatic rings. The molecule has 0 aliphatic carbocycles. The highest BCUT2D eigenvalue weighted by atomic mass is 32.2. The van der Waals surface area contributed by atoms with E-state index in [1.807, 2.05) is 5.38 Å². The van der Waals surface area contributed by atoms with Gasteiger partial charge in [0.15, 0.2) is 5.13 Å². The van der Waals surface area contributed by atoms with Gasteiger partial charge in [-0.3, -0.25) is 0 Å². The number of aromatic nitrogens is 1. The Bertz CT molecular complexity index is 499. The SMILES string of the molecule is Nc1nc(CSc2cc(F)ccc2N)cs1. The van der Waals surface area contributed by atoms with Gasteiger partial charge < -0.3 is 11.5 Å². The predicted octanol–water partition coefficient (Wildman–Crippen LogP) is 2.74. The third-order valence-electron chi connectivity index (χ3n) is 1.92. The van der Waals surface area contributed by atoms with E-state index in [2.05, 4.69) is 4.98 Å². The first-order chi connectivity index (χ1) is 7.65. The molecule has 0 fully saturated rings. The van der Waals surface area contributed by atoms with Crippen LogP contribution in [-0.2, 0) is 5.75 Å². The summed E-state index contributed by atoms with van der Waals surface area (Å²) in [4.78, 5) is 4.85. The van der Waals surface area contributed by atoms with Crippen molar-refractivity contribution in [2.75, 3.05) is 11.5 Å². The second-order valence-corrected chi connectivity index (χ2v) is 5.05. The molecule has 16 heavy (non-hydrogen) atoms. The van der Waals surface area contributed by atoms with Crippen LogP contribution in [0.15, 0.2) is 28.5 Å². The van der Waals surface area contributed by atoms with Gasteiger partial charge in [0.2, 0.25) is 0 Å². The summed E-state index contributed by atoms with van der Waals surface area (Å²) in [6.07, 6.45) is 0. The second kappa shape index (κ2) is 4.71. The van der Waals surface area contributed by atoms with Crippen LogP contribution in [-0.4, -0.2) is 4.98 Å². The van der Waals surface area contributed by atoms with E-state index in [4.69, 9.17) is 11.5 Å². The molecule has 6 heteroatoms. The Hall–Kier alpha value is -1.27. The molecule has 0 atom stereocenters. The van der Waals surface area contributed by atoms with E-state index >= 15 is 0 Å². The highest BCUT2D eigenvalue weighted by molar-refractivity contribution is 7.98. The number of benzene rings is 1. The molecule has 3 nitrogen and oxygen atoms in total. The molecular weight excluding hydrogens is 245 g/mol. The van der Waals surface area contributed by atoms with Gasteiger partial charge in [-0.05, 0) is 18.2 Å². The van der Waals surface area contributed by atoms with Crippen LogP contribution in [0, 0.1) is 5.82 Å². The monoisotopic (exact) mass is 255 g/mol. The van der Waals surface area contributed by atoms with Gasteiger partial charge in [-0.2, -0.15) is 0 Å². The number of nitrogen functional groups attached to an aromatic ring is 2. The molecule has 0 radical (unpaired) electrons. The molecular formula is C10H10FN3S2. The van der Waals surface area contributed by atoms with Crippen LogP contribution in [0.25, 0.3) is 0 Å². The summed E-state index contributed by atoms with van der Waals surface area (Å²) in [5.41, 5.74) is 12.7. The van der Waals surface area contributed by atoms with Crippen molar-refractivity contribution in [1.29, 1.82) is 0 Å². The number of hydrogen-bond acceptors (Lipinski definition) is 5. The lowest BCUT2D eigenvalue weighted by Crippen LogP contribution is -1.90. The Morgan fingerprint density at radius 2 is 2.19 bits per heavy atom. The minimum Gasteiger partial charge on any atom is -0.398 e. The van der Waals surface area contributed by atoms with E-state index in [1.54, 1.807) is 6.07 Å². The number of nitrogens with zero attached hydrogens (tertiary/aromatic N) is 1. The van der Waals surface area contributed by atoms with Gasteiger partial charge in [0, 0.05) is 21.7 Å². The fourth-order valence-corrected chi connectivity index (χ4v) is 2.72. The third-order valence-corrected chi connectivity index (χ3v) is 3.75. The summed E-state index contributed by atoms with van der Waals surface area (Å²) >= 11 is 2.85. The maximum atomic E-state index is 13.0. The highest BCUT2D eigenvalue weighted by Gasteiger charge is 2.04. The van der Waals surface area contributed by atoms with Crippen molar-refractivity contribution >= 4 is 33.9 Å². The van der Waals surface area contributed by atoms with Crippen molar-refractivity contribution in [2.45, 2.75) is 10.6 Å². The van der Waals surface area contributed by atoms with Crippen molar-refractivity contribution < 1.29 is 4.39 Å². The first-order valence-corrected chi connectivity index (χ1v) is 6.39. The number of rotatable bonds is 3. The van der Waals surface area contributed by atoms with Gasteiger partial charge in [-0.25, -0.2) is 9.37 Å². The minimum atomic E-state index is -0.283. The first-order valence-electron chi connectivity index (χ1n) is 4.53. The molecule has 2 rings (SSSR count). The second-order valence-electron chi connectivity index (χ2n) is 3.15. The third kappa shape index (κ3) is 2.65. The van der Waals surface area contributed by atoms with Gasteiger partial charge >= 0.3 is 0 Å². The Morgan fingerprint density at radius 3 is 2.88 bits per heavy atom. The molecule has 0 amide bonds. The Labute approximate surface area is 101 Å². The lowest BCUT2D eigenvalue weighted by molar-refractivity contribution is 0.624. The Morgan fingerprint density at radius 1 is 1.38 bits per heavy atom. The molecule has 84 valence electrons. The summed E-state index contributed by atoms with van der Waals surface area (Å²) in [5, 5.41) is 2.43. The maximum Gasteiger partial charge on any atom is 0.180 e. The molecule has 2 aromatic rings. The lowest BCUT2D eigenvalue weighted by atomic mass is 10.3. The average molecular weight is 255 g/mol. The Balaban J connectivity index is 2.07. The van der Waals surface area contributed by atoms with Gasteiger partial charge in [-0.15, -0.1) is 23.1 Å². The van der Waals surface area contributed by atoms with Crippen LogP contribution in [0.1, 0.15) is 5.69 Å². The van der Waals surface area contributed by atoms with Crippen LogP contribution in [0.5, 0.6) is 0 Å². The van der Waals surface area contributed by atoms with Crippen molar-refractivity contribution in [3.05, 3.63) is 35.1 Å². The lowest BCUT2D eigenvalue weighted by Gasteiger charge is -2.03. The van der Waals surface area contributed by atoms with E-state index in [9.17, 15) is 4.39 Å². The maximum absolute atomic E-state index is 13.0. The van der Waals surface area contributed by atoms with E-state index in [0.29, 0.717) is 16.6 Å². The van der Waals surface area contributed by atoms with Crippen LogP contribution < -0.4 is 11.5 Å². The topological polar surface area (TPSA) is 64.9 Å². The van der Waals surface area contributed by atoms with Crippen LogP contribution in [0.3, 0.4) is 0 Å². The molecule has 0 bridgehead atoms. The van der Waals surface area contributed by atoms with E-state index in [-0.39, 0.29) is 5.82 Å². The molecule has 1 aromatic carbocycles. The largest absolute Gasteiger partial charge is 0.398 e. The number of nitrogens with two attached hydrogens (primary N) is 2. The molecule has 0 saturated carbocycles. The summed E-state index contributed by atoms with van der Waals surface area (Å²) in [6.45, 7) is 0. The zero-order valence-electron chi connectivity index (χ0n) is 8.31. The smallest absolute Gasteiger partial charge is 0.180 e. The standard InChI is InChI=1S/C10H10FN3S2/c11-6-1-2-8(12)9(3-6)15-4-7-5-16-10(13)14-7/h1-3,5H,4,12H2,(H2,13,14). The minimum absolute atomic E-state index is 0.283. The van der Waals surface area contributed by atoms with Gasteiger partial charge in [0.1, 0.15) is 5.82 Å². The predicted molar refractivity (Wildman–Crippen MR) is 66.9 cm³/mol. The molecule has 0 spiro atoms. The number of thiazole rings is 1. The summed E-state index contributed by atoms with van der Waals surface area (Å²) in [5.74, 6) is 0.357. The highest BCUT2D eigenvalue weighted by Crippen LogP contribution is 2.29. The number of hydrogen-bond donors (Lipinski definition) is 2. The van der Waals surface area contributed by atoms with Crippen molar-refractivity contribution in [2.24, 2.45) is 0 Å². The number of halogens is 1.